The van der Waals surface area contributed by atoms with Crippen LogP contribution in [0.25, 0.3) is 6.08 Å². The first-order valence-corrected chi connectivity index (χ1v) is 11.0. The van der Waals surface area contributed by atoms with Crippen LogP contribution in [0, 0.1) is 6.92 Å². The number of hydrogen-bond acceptors (Lipinski definition) is 5. The van der Waals surface area contributed by atoms with E-state index in [9.17, 15) is 4.79 Å². The highest BCUT2D eigenvalue weighted by molar-refractivity contribution is 8.26. The van der Waals surface area contributed by atoms with Crippen LogP contribution in [0.3, 0.4) is 0 Å². The molecule has 0 aromatic heterocycles. The molecule has 2 aliphatic rings. The van der Waals surface area contributed by atoms with Crippen LogP contribution in [0.1, 0.15) is 29.5 Å². The fourth-order valence-electron chi connectivity index (χ4n) is 3.43. The lowest BCUT2D eigenvalue weighted by atomic mass is 10.1. The SMILES string of the molecule is Cc1cccc(COc2ccc(/C=C3\SC(=S)N(C[C@H]4CCCO4)C3=O)cc2)c1. The Bertz CT molecular complexity index is 933. The van der Waals surface area contributed by atoms with E-state index in [4.69, 9.17) is 21.7 Å². The highest BCUT2D eigenvalue weighted by atomic mass is 32.2. The molecular formula is C23H23NO3S2. The van der Waals surface area contributed by atoms with Gasteiger partial charge in [0.05, 0.1) is 17.6 Å². The third kappa shape index (κ3) is 5.07. The van der Waals surface area contributed by atoms with Crippen LogP contribution >= 0.6 is 24.0 Å². The van der Waals surface area contributed by atoms with Gasteiger partial charge in [0.1, 0.15) is 16.7 Å². The molecule has 4 rings (SSSR count). The van der Waals surface area contributed by atoms with E-state index in [-0.39, 0.29) is 12.0 Å². The van der Waals surface area contributed by atoms with Crippen molar-refractivity contribution in [2.75, 3.05) is 13.2 Å². The first kappa shape index (κ1) is 20.1. The van der Waals surface area contributed by atoms with Gasteiger partial charge in [-0.3, -0.25) is 9.69 Å². The lowest BCUT2D eigenvalue weighted by Gasteiger charge is -2.18. The molecule has 2 aromatic rings. The molecule has 0 radical (unpaired) electrons. The summed E-state index contributed by atoms with van der Waals surface area (Å²) in [6, 6.07) is 16.0. The van der Waals surface area contributed by atoms with Gasteiger partial charge in [0.15, 0.2) is 0 Å². The summed E-state index contributed by atoms with van der Waals surface area (Å²) in [5.74, 6) is 0.768. The van der Waals surface area contributed by atoms with Crippen molar-refractivity contribution in [3.63, 3.8) is 0 Å². The second-order valence-corrected chi connectivity index (χ2v) is 8.95. The molecule has 4 nitrogen and oxygen atoms in total. The summed E-state index contributed by atoms with van der Waals surface area (Å²) in [5.41, 5.74) is 3.31. The van der Waals surface area contributed by atoms with Gasteiger partial charge >= 0.3 is 0 Å². The van der Waals surface area contributed by atoms with Crippen molar-refractivity contribution in [3.8, 4) is 5.75 Å². The number of aryl methyl sites for hydroxylation is 1. The highest BCUT2D eigenvalue weighted by Crippen LogP contribution is 2.33. The summed E-state index contributed by atoms with van der Waals surface area (Å²) < 4.78 is 12.1. The van der Waals surface area contributed by atoms with Gasteiger partial charge in [-0.25, -0.2) is 0 Å². The molecule has 1 atom stereocenters. The predicted molar refractivity (Wildman–Crippen MR) is 121 cm³/mol. The Labute approximate surface area is 180 Å². The lowest BCUT2D eigenvalue weighted by molar-refractivity contribution is -0.123. The minimum Gasteiger partial charge on any atom is -0.489 e. The van der Waals surface area contributed by atoms with E-state index in [0.717, 1.165) is 36.3 Å². The first-order chi connectivity index (χ1) is 14.1. The number of thioether (sulfide) groups is 1. The normalized spacial score (nSPS) is 20.7. The molecule has 0 N–H and O–H groups in total. The molecule has 1 amide bonds. The molecule has 0 unspecified atom stereocenters. The van der Waals surface area contributed by atoms with Gasteiger partial charge in [-0.05, 0) is 49.1 Å². The van der Waals surface area contributed by atoms with Gasteiger partial charge in [-0.1, -0.05) is 65.9 Å². The molecule has 2 heterocycles. The molecular weight excluding hydrogens is 402 g/mol. The van der Waals surface area contributed by atoms with Crippen molar-refractivity contribution in [1.82, 2.24) is 4.90 Å². The summed E-state index contributed by atoms with van der Waals surface area (Å²) in [6.45, 7) is 3.92. The Hall–Kier alpha value is -2.15. The molecule has 2 aliphatic heterocycles. The van der Waals surface area contributed by atoms with Gasteiger partial charge < -0.3 is 9.47 Å². The third-order valence-electron chi connectivity index (χ3n) is 4.95. The maximum Gasteiger partial charge on any atom is 0.266 e. The first-order valence-electron chi connectivity index (χ1n) is 9.74. The highest BCUT2D eigenvalue weighted by Gasteiger charge is 2.34. The van der Waals surface area contributed by atoms with E-state index >= 15 is 0 Å². The van der Waals surface area contributed by atoms with Crippen LogP contribution in [0.5, 0.6) is 5.75 Å². The van der Waals surface area contributed by atoms with Crippen LogP contribution in [-0.4, -0.2) is 34.4 Å². The standard InChI is InChI=1S/C23H23NO3S2/c1-16-4-2-5-18(12-16)15-27-19-9-7-17(8-10-19)13-21-22(25)24(23(28)29-21)14-20-6-3-11-26-20/h2,4-5,7-10,12-13,20H,3,6,11,14-15H2,1H3/b21-13-/t20-/m1/s1. The fourth-order valence-corrected chi connectivity index (χ4v) is 4.70. The van der Waals surface area contributed by atoms with E-state index in [1.165, 1.54) is 17.3 Å². The molecule has 0 bridgehead atoms. The zero-order valence-electron chi connectivity index (χ0n) is 16.3. The number of amides is 1. The number of carbonyl (C=O) groups excluding carboxylic acids is 1. The van der Waals surface area contributed by atoms with Crippen molar-refractivity contribution in [3.05, 3.63) is 70.1 Å². The van der Waals surface area contributed by atoms with Crippen LogP contribution in [-0.2, 0) is 16.1 Å². The zero-order chi connectivity index (χ0) is 20.2. The number of ether oxygens (including phenoxy) is 2. The van der Waals surface area contributed by atoms with E-state index in [0.29, 0.717) is 22.4 Å². The van der Waals surface area contributed by atoms with Crippen molar-refractivity contribution >= 4 is 40.3 Å². The van der Waals surface area contributed by atoms with E-state index in [1.54, 1.807) is 4.90 Å². The van der Waals surface area contributed by atoms with E-state index < -0.39 is 0 Å². The summed E-state index contributed by atoms with van der Waals surface area (Å²) in [6.07, 6.45) is 4.02. The summed E-state index contributed by atoms with van der Waals surface area (Å²) in [4.78, 5) is 15.1. The third-order valence-corrected chi connectivity index (χ3v) is 6.33. The van der Waals surface area contributed by atoms with Gasteiger partial charge in [0.2, 0.25) is 0 Å². The van der Waals surface area contributed by atoms with Crippen LogP contribution in [0.2, 0.25) is 0 Å². The Balaban J connectivity index is 1.38. The Morgan fingerprint density at radius 2 is 2.10 bits per heavy atom. The van der Waals surface area contributed by atoms with Crippen molar-refractivity contribution < 1.29 is 14.3 Å². The summed E-state index contributed by atoms with van der Waals surface area (Å²) in [7, 11) is 0. The molecule has 0 aliphatic carbocycles. The van der Waals surface area contributed by atoms with Crippen molar-refractivity contribution in [2.24, 2.45) is 0 Å². The molecule has 29 heavy (non-hydrogen) atoms. The van der Waals surface area contributed by atoms with Gasteiger partial charge in [0, 0.05) is 6.61 Å². The van der Waals surface area contributed by atoms with Crippen molar-refractivity contribution in [1.29, 1.82) is 0 Å². The largest absolute Gasteiger partial charge is 0.489 e. The fraction of sp³-hybridized carbons (Fsp3) is 0.304. The number of nitrogens with zero attached hydrogens (tertiary/aromatic N) is 1. The smallest absolute Gasteiger partial charge is 0.266 e. The Kier molecular flexibility index (Phi) is 6.33. The quantitative estimate of drug-likeness (QED) is 0.483. The molecule has 6 heteroatoms. The van der Waals surface area contributed by atoms with E-state index in [1.807, 2.05) is 36.4 Å². The molecule has 0 spiro atoms. The maximum absolute atomic E-state index is 12.7. The zero-order valence-corrected chi connectivity index (χ0v) is 17.9. The minimum absolute atomic E-state index is 0.0322. The number of rotatable bonds is 6. The Morgan fingerprint density at radius 3 is 2.83 bits per heavy atom. The number of benzene rings is 2. The van der Waals surface area contributed by atoms with Gasteiger partial charge in [-0.15, -0.1) is 0 Å². The summed E-state index contributed by atoms with van der Waals surface area (Å²) in [5, 5.41) is 0. The second-order valence-electron chi connectivity index (χ2n) is 7.27. The molecule has 0 saturated carbocycles. The maximum atomic E-state index is 12.7. The topological polar surface area (TPSA) is 38.8 Å². The number of hydrogen-bond donors (Lipinski definition) is 0. The number of thiocarbonyl (C=S) groups is 1. The van der Waals surface area contributed by atoms with Crippen LogP contribution in [0.15, 0.2) is 53.4 Å². The van der Waals surface area contributed by atoms with E-state index in [2.05, 4.69) is 25.1 Å². The average Bonchev–Trinajstić information content (AvgIpc) is 3.32. The minimum atomic E-state index is -0.0322. The predicted octanol–water partition coefficient (Wildman–Crippen LogP) is 4.95. The van der Waals surface area contributed by atoms with Gasteiger partial charge in [-0.2, -0.15) is 0 Å². The molecule has 2 fully saturated rings. The Morgan fingerprint density at radius 1 is 1.28 bits per heavy atom. The van der Waals surface area contributed by atoms with Crippen molar-refractivity contribution in [2.45, 2.75) is 32.5 Å². The number of carbonyl (C=O) groups is 1. The monoisotopic (exact) mass is 425 g/mol. The van der Waals surface area contributed by atoms with Crippen LogP contribution < -0.4 is 4.74 Å². The lowest BCUT2D eigenvalue weighted by Crippen LogP contribution is -2.35. The van der Waals surface area contributed by atoms with Crippen LogP contribution in [0.4, 0.5) is 0 Å². The molecule has 150 valence electrons. The molecule has 2 aromatic carbocycles. The molecule has 2 saturated heterocycles. The average molecular weight is 426 g/mol. The second kappa shape index (κ2) is 9.11. The summed E-state index contributed by atoms with van der Waals surface area (Å²) >= 11 is 6.76. The van der Waals surface area contributed by atoms with Gasteiger partial charge in [0.25, 0.3) is 5.91 Å².